The zero-order valence-corrected chi connectivity index (χ0v) is 16.0. The number of amides is 1. The molecule has 0 radical (unpaired) electrons. The summed E-state index contributed by atoms with van der Waals surface area (Å²) in [5.74, 6) is -0.712. The van der Waals surface area contributed by atoms with Gasteiger partial charge in [0.05, 0.1) is 27.0 Å². The highest BCUT2D eigenvalue weighted by Gasteiger charge is 2.18. The van der Waals surface area contributed by atoms with Crippen LogP contribution in [0, 0.1) is 11.6 Å². The van der Waals surface area contributed by atoms with Crippen molar-refractivity contribution < 1.29 is 27.8 Å². The van der Waals surface area contributed by atoms with Crippen LogP contribution in [0.5, 0.6) is 17.2 Å². The molecular formula is C20H19F2N3O4. The van der Waals surface area contributed by atoms with Crippen molar-refractivity contribution in [1.82, 2.24) is 15.5 Å². The highest BCUT2D eigenvalue weighted by molar-refractivity contribution is 5.93. The Morgan fingerprint density at radius 1 is 1.03 bits per heavy atom. The normalized spacial score (nSPS) is 10.5. The fraction of sp³-hybridized carbons (Fsp3) is 0.200. The highest BCUT2D eigenvalue weighted by atomic mass is 19.1. The fourth-order valence-electron chi connectivity index (χ4n) is 2.78. The van der Waals surface area contributed by atoms with Crippen LogP contribution in [0.15, 0.2) is 36.4 Å². The topological polar surface area (TPSA) is 85.5 Å². The number of aromatic amines is 1. The van der Waals surface area contributed by atoms with Gasteiger partial charge in [-0.15, -0.1) is 0 Å². The second-order valence-corrected chi connectivity index (χ2v) is 5.96. The Morgan fingerprint density at radius 3 is 2.21 bits per heavy atom. The smallest absolute Gasteiger partial charge is 0.269 e. The van der Waals surface area contributed by atoms with Crippen molar-refractivity contribution in [3.8, 4) is 28.5 Å². The van der Waals surface area contributed by atoms with Crippen LogP contribution >= 0.6 is 0 Å². The lowest BCUT2D eigenvalue weighted by Gasteiger charge is -2.13. The van der Waals surface area contributed by atoms with Crippen LogP contribution in [0.3, 0.4) is 0 Å². The van der Waals surface area contributed by atoms with E-state index in [0.717, 1.165) is 12.1 Å². The first-order valence-electron chi connectivity index (χ1n) is 8.55. The van der Waals surface area contributed by atoms with Crippen LogP contribution in [0.2, 0.25) is 0 Å². The molecule has 9 heteroatoms. The minimum Gasteiger partial charge on any atom is -0.493 e. The molecule has 0 saturated heterocycles. The SMILES string of the molecule is COc1cc(-c2cc(C(=O)NCc3c(F)cccc3F)[nH]n2)cc(OC)c1OC. The quantitative estimate of drug-likeness (QED) is 0.632. The van der Waals surface area contributed by atoms with E-state index in [1.807, 2.05) is 0 Å². The number of ether oxygens (including phenoxy) is 3. The monoisotopic (exact) mass is 403 g/mol. The summed E-state index contributed by atoms with van der Waals surface area (Å²) in [5, 5.41) is 9.19. The lowest BCUT2D eigenvalue weighted by Crippen LogP contribution is -2.24. The molecule has 0 spiro atoms. The van der Waals surface area contributed by atoms with Crippen molar-refractivity contribution in [3.63, 3.8) is 0 Å². The maximum absolute atomic E-state index is 13.7. The van der Waals surface area contributed by atoms with E-state index in [2.05, 4.69) is 15.5 Å². The van der Waals surface area contributed by atoms with Crippen LogP contribution in [0.4, 0.5) is 8.78 Å². The van der Waals surface area contributed by atoms with Crippen LogP contribution in [0.25, 0.3) is 11.3 Å². The number of benzene rings is 2. The molecule has 3 rings (SSSR count). The summed E-state index contributed by atoms with van der Waals surface area (Å²) < 4.78 is 43.3. The number of aromatic nitrogens is 2. The molecule has 1 heterocycles. The Kier molecular flexibility index (Phi) is 5.96. The van der Waals surface area contributed by atoms with E-state index >= 15 is 0 Å². The molecule has 0 fully saturated rings. The maximum atomic E-state index is 13.7. The number of hydrogen-bond acceptors (Lipinski definition) is 5. The van der Waals surface area contributed by atoms with Gasteiger partial charge < -0.3 is 19.5 Å². The van der Waals surface area contributed by atoms with Gasteiger partial charge in [-0.3, -0.25) is 9.89 Å². The van der Waals surface area contributed by atoms with Crippen molar-refractivity contribution in [1.29, 1.82) is 0 Å². The van der Waals surface area contributed by atoms with Gasteiger partial charge in [0.2, 0.25) is 5.75 Å². The van der Waals surface area contributed by atoms with Crippen LogP contribution in [-0.2, 0) is 6.54 Å². The lowest BCUT2D eigenvalue weighted by atomic mass is 10.1. The van der Waals surface area contributed by atoms with Crippen LogP contribution < -0.4 is 19.5 Å². The van der Waals surface area contributed by atoms with Gasteiger partial charge in [-0.05, 0) is 30.3 Å². The molecule has 2 aromatic carbocycles. The van der Waals surface area contributed by atoms with Crippen LogP contribution in [0.1, 0.15) is 16.1 Å². The number of methoxy groups -OCH3 is 3. The van der Waals surface area contributed by atoms with E-state index < -0.39 is 17.5 Å². The molecule has 0 aliphatic carbocycles. The number of nitrogens with one attached hydrogen (secondary N) is 2. The molecule has 29 heavy (non-hydrogen) atoms. The molecule has 0 aliphatic rings. The standard InChI is InChI=1S/C20H19F2N3O4/c1-27-17-7-11(8-18(28-2)19(17)29-3)15-9-16(25-24-15)20(26)23-10-12-13(21)5-4-6-14(12)22/h4-9H,10H2,1-3H3,(H,23,26)(H,24,25). The van der Waals surface area contributed by atoms with Gasteiger partial charge in [0.15, 0.2) is 11.5 Å². The second kappa shape index (κ2) is 8.59. The molecule has 0 aliphatic heterocycles. The number of carbonyl (C=O) groups excluding carboxylic acids is 1. The number of rotatable bonds is 7. The Labute approximate surface area is 165 Å². The molecule has 3 aromatic rings. The average molecular weight is 403 g/mol. The fourth-order valence-corrected chi connectivity index (χ4v) is 2.78. The van der Waals surface area contributed by atoms with Gasteiger partial charge in [-0.2, -0.15) is 5.10 Å². The molecule has 0 bridgehead atoms. The van der Waals surface area contributed by atoms with Gasteiger partial charge in [-0.1, -0.05) is 6.07 Å². The Hall–Kier alpha value is -3.62. The van der Waals surface area contributed by atoms with Crippen molar-refractivity contribution in [3.05, 3.63) is 59.3 Å². The summed E-state index contributed by atoms with van der Waals surface area (Å²) in [6, 6.07) is 8.40. The molecule has 1 aromatic heterocycles. The summed E-state index contributed by atoms with van der Waals surface area (Å²) in [7, 11) is 4.48. The second-order valence-electron chi connectivity index (χ2n) is 5.96. The zero-order chi connectivity index (χ0) is 21.0. The first kappa shape index (κ1) is 20.1. The van der Waals surface area contributed by atoms with Crippen molar-refractivity contribution in [2.45, 2.75) is 6.54 Å². The predicted octanol–water partition coefficient (Wildman–Crippen LogP) is 3.31. The van der Waals surface area contributed by atoms with Crippen molar-refractivity contribution >= 4 is 5.91 Å². The lowest BCUT2D eigenvalue weighted by molar-refractivity contribution is 0.0945. The van der Waals surface area contributed by atoms with Gasteiger partial charge in [-0.25, -0.2) is 8.78 Å². The van der Waals surface area contributed by atoms with Crippen LogP contribution in [-0.4, -0.2) is 37.4 Å². The zero-order valence-electron chi connectivity index (χ0n) is 16.0. The molecule has 7 nitrogen and oxygen atoms in total. The number of hydrogen-bond donors (Lipinski definition) is 2. The molecule has 152 valence electrons. The number of H-pyrrole nitrogens is 1. The Balaban J connectivity index is 1.81. The molecule has 0 unspecified atom stereocenters. The summed E-state index contributed by atoms with van der Waals surface area (Å²) in [5.41, 5.74) is 0.983. The van der Waals surface area contributed by atoms with Gasteiger partial charge in [0.1, 0.15) is 17.3 Å². The number of halogens is 2. The summed E-state index contributed by atoms with van der Waals surface area (Å²) in [6.07, 6.45) is 0. The molecular weight excluding hydrogens is 384 g/mol. The number of carbonyl (C=O) groups is 1. The van der Waals surface area contributed by atoms with E-state index in [1.54, 1.807) is 12.1 Å². The molecule has 2 N–H and O–H groups in total. The van der Waals surface area contributed by atoms with Crippen molar-refractivity contribution in [2.24, 2.45) is 0 Å². The van der Waals surface area contributed by atoms with E-state index in [0.29, 0.717) is 28.5 Å². The molecule has 1 amide bonds. The average Bonchev–Trinajstić information content (AvgIpc) is 3.22. The third-order valence-electron chi connectivity index (χ3n) is 4.27. The Bertz CT molecular complexity index is 991. The Morgan fingerprint density at radius 2 is 1.66 bits per heavy atom. The first-order valence-corrected chi connectivity index (χ1v) is 8.55. The van der Waals surface area contributed by atoms with E-state index in [-0.39, 0.29) is 17.8 Å². The van der Waals surface area contributed by atoms with Crippen molar-refractivity contribution in [2.75, 3.05) is 21.3 Å². The number of nitrogens with zero attached hydrogens (tertiary/aromatic N) is 1. The van der Waals surface area contributed by atoms with Gasteiger partial charge in [0.25, 0.3) is 5.91 Å². The summed E-state index contributed by atoms with van der Waals surface area (Å²) in [4.78, 5) is 12.3. The highest BCUT2D eigenvalue weighted by Crippen LogP contribution is 2.40. The third-order valence-corrected chi connectivity index (χ3v) is 4.27. The first-order chi connectivity index (χ1) is 14.0. The minimum atomic E-state index is -0.729. The van der Waals surface area contributed by atoms with E-state index in [1.165, 1.54) is 33.5 Å². The summed E-state index contributed by atoms with van der Waals surface area (Å²) in [6.45, 7) is -0.296. The minimum absolute atomic E-state index is 0.130. The summed E-state index contributed by atoms with van der Waals surface area (Å²) >= 11 is 0. The maximum Gasteiger partial charge on any atom is 0.269 e. The van der Waals surface area contributed by atoms with E-state index in [9.17, 15) is 13.6 Å². The predicted molar refractivity (Wildman–Crippen MR) is 101 cm³/mol. The van der Waals surface area contributed by atoms with Gasteiger partial charge >= 0.3 is 0 Å². The van der Waals surface area contributed by atoms with E-state index in [4.69, 9.17) is 14.2 Å². The molecule has 0 saturated carbocycles. The third kappa shape index (κ3) is 4.13. The van der Waals surface area contributed by atoms with Gasteiger partial charge in [0, 0.05) is 17.7 Å². The molecule has 0 atom stereocenters. The largest absolute Gasteiger partial charge is 0.493 e.